The first-order valence-electron chi connectivity index (χ1n) is 11.4. The van der Waals surface area contributed by atoms with Crippen LogP contribution in [0.25, 0.3) is 0 Å². The van der Waals surface area contributed by atoms with Crippen molar-refractivity contribution < 1.29 is 14.3 Å². The summed E-state index contributed by atoms with van der Waals surface area (Å²) in [6.45, 7) is 6.89. The number of rotatable bonds is 9. The van der Waals surface area contributed by atoms with E-state index in [4.69, 9.17) is 9.47 Å². The van der Waals surface area contributed by atoms with Gasteiger partial charge in [0.2, 0.25) is 5.95 Å². The zero-order valence-corrected chi connectivity index (χ0v) is 19.8. The number of hydrogen-bond acceptors (Lipinski definition) is 7. The fraction of sp³-hybridized carbons (Fsp3) is 0.542. The van der Waals surface area contributed by atoms with Crippen molar-refractivity contribution >= 4 is 17.7 Å². The fourth-order valence-corrected chi connectivity index (χ4v) is 3.88. The summed E-state index contributed by atoms with van der Waals surface area (Å²) in [6.07, 6.45) is 3.70. The van der Waals surface area contributed by atoms with E-state index in [0.717, 1.165) is 37.2 Å². The largest absolute Gasteiger partial charge is 0.494 e. The van der Waals surface area contributed by atoms with Crippen LogP contribution in [-0.4, -0.2) is 55.3 Å². The summed E-state index contributed by atoms with van der Waals surface area (Å²) in [5, 5.41) is 6.65. The topological polar surface area (TPSA) is 88.6 Å². The van der Waals surface area contributed by atoms with Crippen molar-refractivity contribution in [2.24, 2.45) is 0 Å². The van der Waals surface area contributed by atoms with Gasteiger partial charge in [-0.2, -0.15) is 4.98 Å². The Labute approximate surface area is 190 Å². The third-order valence-corrected chi connectivity index (χ3v) is 5.46. The molecule has 0 saturated heterocycles. The van der Waals surface area contributed by atoms with Crippen molar-refractivity contribution in [2.45, 2.75) is 58.5 Å². The van der Waals surface area contributed by atoms with Gasteiger partial charge >= 0.3 is 0 Å². The normalized spacial score (nSPS) is 18.0. The van der Waals surface area contributed by atoms with Crippen LogP contribution in [0.3, 0.4) is 0 Å². The molecule has 2 N–H and O–H groups in total. The second kappa shape index (κ2) is 11.0. The number of carbonyl (C=O) groups excluding carboxylic acids is 1. The van der Waals surface area contributed by atoms with Gasteiger partial charge in [0.25, 0.3) is 5.91 Å². The smallest absolute Gasteiger partial charge is 0.251 e. The van der Waals surface area contributed by atoms with Crippen LogP contribution in [0.4, 0.5) is 11.8 Å². The highest BCUT2D eigenvalue weighted by Crippen LogP contribution is 2.25. The number of hydrogen-bond donors (Lipinski definition) is 2. The van der Waals surface area contributed by atoms with Crippen molar-refractivity contribution in [1.29, 1.82) is 0 Å². The molecule has 3 rings (SSSR count). The minimum Gasteiger partial charge on any atom is -0.494 e. The van der Waals surface area contributed by atoms with E-state index in [1.165, 1.54) is 0 Å². The third kappa shape index (κ3) is 6.48. The van der Waals surface area contributed by atoms with Crippen LogP contribution in [0.5, 0.6) is 11.5 Å². The first-order chi connectivity index (χ1) is 15.4. The van der Waals surface area contributed by atoms with E-state index < -0.39 is 0 Å². The number of nitrogens with one attached hydrogen (secondary N) is 2. The molecule has 1 aromatic heterocycles. The van der Waals surface area contributed by atoms with Crippen LogP contribution in [-0.2, 0) is 0 Å². The predicted molar refractivity (Wildman–Crippen MR) is 127 cm³/mol. The molecule has 1 amide bonds. The van der Waals surface area contributed by atoms with Crippen LogP contribution in [0.15, 0.2) is 24.3 Å². The Balaban J connectivity index is 1.56. The first kappa shape index (κ1) is 23.6. The Morgan fingerprint density at radius 2 is 1.56 bits per heavy atom. The molecule has 174 valence electrons. The lowest BCUT2D eigenvalue weighted by atomic mass is 9.91. The van der Waals surface area contributed by atoms with Gasteiger partial charge in [0.05, 0.1) is 13.2 Å². The standard InChI is InChI=1S/C24H35N5O3/c1-6-31-20-13-17(14-21(15-20)32-7-2)23(30)26-18-8-10-19(11-9-18)27-24-25-16(3)12-22(28-24)29(4)5/h12-15,18-19H,6-11H2,1-5H3,(H,26,30)(H,25,27,28)/t18-,19+. The molecule has 32 heavy (non-hydrogen) atoms. The monoisotopic (exact) mass is 441 g/mol. The van der Waals surface area contributed by atoms with Crippen molar-refractivity contribution in [2.75, 3.05) is 37.5 Å². The second-order valence-electron chi connectivity index (χ2n) is 8.31. The Morgan fingerprint density at radius 1 is 0.969 bits per heavy atom. The van der Waals surface area contributed by atoms with Gasteiger partial charge in [-0.1, -0.05) is 0 Å². The maximum absolute atomic E-state index is 12.9. The molecular weight excluding hydrogens is 406 g/mol. The maximum atomic E-state index is 12.9. The molecule has 0 bridgehead atoms. The Bertz CT molecular complexity index is 886. The summed E-state index contributed by atoms with van der Waals surface area (Å²) < 4.78 is 11.2. The average Bonchev–Trinajstić information content (AvgIpc) is 2.75. The quantitative estimate of drug-likeness (QED) is 0.612. The van der Waals surface area contributed by atoms with Gasteiger partial charge in [0.1, 0.15) is 17.3 Å². The number of benzene rings is 1. The van der Waals surface area contributed by atoms with Gasteiger partial charge in [-0.3, -0.25) is 4.79 Å². The van der Waals surface area contributed by atoms with Crippen LogP contribution in [0.1, 0.15) is 55.6 Å². The van der Waals surface area contributed by atoms with Crippen molar-refractivity contribution in [3.8, 4) is 11.5 Å². The van der Waals surface area contributed by atoms with E-state index in [1.807, 2.05) is 51.9 Å². The SMILES string of the molecule is CCOc1cc(OCC)cc(C(=O)N[C@H]2CC[C@@H](Nc3nc(C)cc(N(C)C)n3)CC2)c1. The summed E-state index contributed by atoms with van der Waals surface area (Å²) >= 11 is 0. The number of nitrogens with zero attached hydrogens (tertiary/aromatic N) is 3. The number of ether oxygens (including phenoxy) is 2. The molecule has 0 unspecified atom stereocenters. The molecule has 1 heterocycles. The lowest BCUT2D eigenvalue weighted by Crippen LogP contribution is -2.40. The highest BCUT2D eigenvalue weighted by atomic mass is 16.5. The molecule has 1 aliphatic rings. The van der Waals surface area contributed by atoms with Gasteiger partial charge in [-0.25, -0.2) is 4.98 Å². The van der Waals surface area contributed by atoms with Gasteiger partial charge in [-0.05, 0) is 58.6 Å². The molecule has 8 nitrogen and oxygen atoms in total. The van der Waals surface area contributed by atoms with E-state index in [2.05, 4.69) is 20.6 Å². The highest BCUT2D eigenvalue weighted by molar-refractivity contribution is 5.95. The lowest BCUT2D eigenvalue weighted by molar-refractivity contribution is 0.0925. The summed E-state index contributed by atoms with van der Waals surface area (Å²) in [5.41, 5.74) is 1.50. The number of carbonyl (C=O) groups is 1. The molecule has 1 saturated carbocycles. The molecule has 1 aliphatic carbocycles. The van der Waals surface area contributed by atoms with Gasteiger partial charge < -0.3 is 25.0 Å². The summed E-state index contributed by atoms with van der Waals surface area (Å²) in [6, 6.07) is 7.76. The lowest BCUT2D eigenvalue weighted by Gasteiger charge is -2.30. The third-order valence-electron chi connectivity index (χ3n) is 5.46. The zero-order valence-electron chi connectivity index (χ0n) is 19.8. The maximum Gasteiger partial charge on any atom is 0.251 e. The van der Waals surface area contributed by atoms with Gasteiger partial charge in [-0.15, -0.1) is 0 Å². The van der Waals surface area contributed by atoms with E-state index in [1.54, 1.807) is 12.1 Å². The fourth-order valence-electron chi connectivity index (χ4n) is 3.88. The van der Waals surface area contributed by atoms with Crippen LogP contribution in [0.2, 0.25) is 0 Å². The predicted octanol–water partition coefficient (Wildman–Crippen LogP) is 3.80. The van der Waals surface area contributed by atoms with Crippen molar-refractivity contribution in [3.63, 3.8) is 0 Å². The minimum absolute atomic E-state index is 0.0958. The molecule has 0 spiro atoms. The molecule has 0 radical (unpaired) electrons. The van der Waals surface area contributed by atoms with Crippen molar-refractivity contribution in [1.82, 2.24) is 15.3 Å². The van der Waals surface area contributed by atoms with E-state index in [0.29, 0.717) is 42.3 Å². The highest BCUT2D eigenvalue weighted by Gasteiger charge is 2.24. The summed E-state index contributed by atoms with van der Waals surface area (Å²) in [7, 11) is 3.95. The Kier molecular flexibility index (Phi) is 8.14. The Hall–Kier alpha value is -3.03. The van der Waals surface area contributed by atoms with Crippen LogP contribution in [0, 0.1) is 6.92 Å². The van der Waals surface area contributed by atoms with Gasteiger partial charge in [0, 0.05) is 49.6 Å². The molecule has 0 aliphatic heterocycles. The Morgan fingerprint density at radius 3 is 2.12 bits per heavy atom. The molecule has 2 aromatic rings. The molecule has 0 atom stereocenters. The zero-order chi connectivity index (χ0) is 23.1. The summed E-state index contributed by atoms with van der Waals surface area (Å²) in [5.74, 6) is 2.75. The molecule has 8 heteroatoms. The first-order valence-corrected chi connectivity index (χ1v) is 11.4. The number of anilines is 2. The van der Waals surface area contributed by atoms with E-state index in [-0.39, 0.29) is 11.9 Å². The second-order valence-corrected chi connectivity index (χ2v) is 8.31. The van der Waals surface area contributed by atoms with Crippen molar-refractivity contribution in [3.05, 3.63) is 35.5 Å². The van der Waals surface area contributed by atoms with E-state index >= 15 is 0 Å². The minimum atomic E-state index is -0.0958. The van der Waals surface area contributed by atoms with Gasteiger partial charge in [0.15, 0.2) is 0 Å². The number of aromatic nitrogens is 2. The number of amides is 1. The number of aryl methyl sites for hydroxylation is 1. The average molecular weight is 442 g/mol. The van der Waals surface area contributed by atoms with Crippen LogP contribution >= 0.6 is 0 Å². The molecular formula is C24H35N5O3. The van der Waals surface area contributed by atoms with Crippen LogP contribution < -0.4 is 25.0 Å². The molecule has 1 aromatic carbocycles. The molecule has 1 fully saturated rings. The van der Waals surface area contributed by atoms with E-state index in [9.17, 15) is 4.79 Å². The summed E-state index contributed by atoms with van der Waals surface area (Å²) in [4.78, 5) is 24.0.